The van der Waals surface area contributed by atoms with Gasteiger partial charge in [0.1, 0.15) is 12.4 Å². The number of hydrogen-bond acceptors (Lipinski definition) is 4. The lowest BCUT2D eigenvalue weighted by atomic mass is 10.2. The van der Waals surface area contributed by atoms with E-state index in [1.165, 1.54) is 0 Å². The summed E-state index contributed by atoms with van der Waals surface area (Å²) in [6.07, 6.45) is 0. The summed E-state index contributed by atoms with van der Waals surface area (Å²) in [6, 6.07) is 9.25. The van der Waals surface area contributed by atoms with Gasteiger partial charge in [-0.25, -0.2) is 0 Å². The standard InChI is InChI=1S/C18H21Cl2NO3/c1-12-8-14(4-5-15(12)19)24-7-6-21-11-13-9-17(22-2)18(23-3)10-16(13)20/h4-5,8-10,21H,6-7,11H2,1-3H3. The highest BCUT2D eigenvalue weighted by Crippen LogP contribution is 2.32. The summed E-state index contributed by atoms with van der Waals surface area (Å²) in [5.41, 5.74) is 1.94. The Kier molecular flexibility index (Phi) is 7.03. The Morgan fingerprint density at radius 2 is 1.67 bits per heavy atom. The smallest absolute Gasteiger partial charge is 0.162 e. The number of nitrogens with one attached hydrogen (secondary N) is 1. The van der Waals surface area contributed by atoms with Crippen LogP contribution < -0.4 is 19.5 Å². The SMILES string of the molecule is COc1cc(Cl)c(CNCCOc2ccc(Cl)c(C)c2)cc1OC. The molecule has 0 unspecified atom stereocenters. The second-order valence-electron chi connectivity index (χ2n) is 5.23. The first-order valence-electron chi connectivity index (χ1n) is 7.55. The minimum Gasteiger partial charge on any atom is -0.493 e. The average Bonchev–Trinajstić information content (AvgIpc) is 2.58. The van der Waals surface area contributed by atoms with Crippen LogP contribution in [0.4, 0.5) is 0 Å². The monoisotopic (exact) mass is 369 g/mol. The van der Waals surface area contributed by atoms with Crippen LogP contribution in [0.1, 0.15) is 11.1 Å². The van der Waals surface area contributed by atoms with E-state index in [2.05, 4.69) is 5.32 Å². The van der Waals surface area contributed by atoms with Crippen LogP contribution in [-0.4, -0.2) is 27.4 Å². The molecule has 0 radical (unpaired) electrons. The summed E-state index contributed by atoms with van der Waals surface area (Å²) in [4.78, 5) is 0. The van der Waals surface area contributed by atoms with Crippen LogP contribution in [0.15, 0.2) is 30.3 Å². The van der Waals surface area contributed by atoms with Gasteiger partial charge in [0.05, 0.1) is 14.2 Å². The molecule has 0 atom stereocenters. The Morgan fingerprint density at radius 1 is 0.958 bits per heavy atom. The maximum atomic E-state index is 6.26. The summed E-state index contributed by atoms with van der Waals surface area (Å²) in [7, 11) is 3.19. The molecule has 4 nitrogen and oxygen atoms in total. The lowest BCUT2D eigenvalue weighted by molar-refractivity contribution is 0.313. The molecular formula is C18H21Cl2NO3. The molecule has 0 heterocycles. The van der Waals surface area contributed by atoms with Gasteiger partial charge in [-0.3, -0.25) is 0 Å². The highest BCUT2D eigenvalue weighted by atomic mass is 35.5. The van der Waals surface area contributed by atoms with Crippen molar-refractivity contribution in [2.24, 2.45) is 0 Å². The Labute approximate surface area is 152 Å². The summed E-state index contributed by atoms with van der Waals surface area (Å²) in [5.74, 6) is 2.09. The van der Waals surface area contributed by atoms with Gasteiger partial charge >= 0.3 is 0 Å². The maximum absolute atomic E-state index is 6.26. The Balaban J connectivity index is 1.82. The van der Waals surface area contributed by atoms with Crippen molar-refractivity contribution >= 4 is 23.2 Å². The number of aryl methyl sites for hydroxylation is 1. The second kappa shape index (κ2) is 9.02. The Morgan fingerprint density at radius 3 is 2.33 bits per heavy atom. The van der Waals surface area contributed by atoms with E-state index in [-0.39, 0.29) is 0 Å². The van der Waals surface area contributed by atoms with Gasteiger partial charge < -0.3 is 19.5 Å². The van der Waals surface area contributed by atoms with Crippen LogP contribution in [0.25, 0.3) is 0 Å². The number of hydrogen-bond donors (Lipinski definition) is 1. The number of halogens is 2. The van der Waals surface area contributed by atoms with Crippen molar-refractivity contribution in [3.05, 3.63) is 51.5 Å². The molecule has 2 rings (SSSR count). The van der Waals surface area contributed by atoms with Gasteiger partial charge in [0.2, 0.25) is 0 Å². The van der Waals surface area contributed by atoms with E-state index in [0.717, 1.165) is 21.9 Å². The van der Waals surface area contributed by atoms with E-state index >= 15 is 0 Å². The van der Waals surface area contributed by atoms with Gasteiger partial charge in [-0.2, -0.15) is 0 Å². The summed E-state index contributed by atoms with van der Waals surface area (Å²) in [5, 5.41) is 4.67. The molecule has 0 aromatic heterocycles. The third kappa shape index (κ3) is 4.94. The molecule has 6 heteroatoms. The highest BCUT2D eigenvalue weighted by molar-refractivity contribution is 6.31. The number of ether oxygens (including phenoxy) is 3. The first kappa shape index (κ1) is 18.7. The van der Waals surface area contributed by atoms with Gasteiger partial charge in [-0.15, -0.1) is 0 Å². The zero-order valence-corrected chi connectivity index (χ0v) is 15.5. The summed E-state index contributed by atoms with van der Waals surface area (Å²) in [6.45, 7) is 3.80. The fourth-order valence-corrected chi connectivity index (χ4v) is 2.54. The van der Waals surface area contributed by atoms with Gasteiger partial charge in [-0.05, 0) is 42.3 Å². The lowest BCUT2D eigenvalue weighted by Gasteiger charge is -2.13. The number of methoxy groups -OCH3 is 2. The predicted molar refractivity (Wildman–Crippen MR) is 97.9 cm³/mol. The van der Waals surface area contributed by atoms with Crippen LogP contribution in [0.3, 0.4) is 0 Å². The van der Waals surface area contributed by atoms with Crippen LogP contribution >= 0.6 is 23.2 Å². The van der Waals surface area contributed by atoms with Gasteiger partial charge in [0.25, 0.3) is 0 Å². The van der Waals surface area contributed by atoms with E-state index in [4.69, 9.17) is 37.4 Å². The molecule has 0 aliphatic heterocycles. The molecule has 0 aliphatic carbocycles. The Bertz CT molecular complexity index is 692. The number of benzene rings is 2. The van der Waals surface area contributed by atoms with Gasteiger partial charge in [-0.1, -0.05) is 23.2 Å². The normalized spacial score (nSPS) is 10.5. The molecule has 0 saturated carbocycles. The quantitative estimate of drug-likeness (QED) is 0.696. The van der Waals surface area contributed by atoms with Gasteiger partial charge in [0.15, 0.2) is 11.5 Å². The molecule has 0 amide bonds. The first-order chi connectivity index (χ1) is 11.5. The van der Waals surface area contributed by atoms with Crippen molar-refractivity contribution in [3.8, 4) is 17.2 Å². The molecule has 130 valence electrons. The molecule has 24 heavy (non-hydrogen) atoms. The van der Waals surface area contributed by atoms with Gasteiger partial charge in [0, 0.05) is 29.2 Å². The largest absolute Gasteiger partial charge is 0.493 e. The first-order valence-corrected chi connectivity index (χ1v) is 8.30. The molecule has 0 saturated heterocycles. The third-order valence-electron chi connectivity index (χ3n) is 3.55. The van der Waals surface area contributed by atoms with Crippen LogP contribution in [0.5, 0.6) is 17.2 Å². The molecule has 0 bridgehead atoms. The van der Waals surface area contributed by atoms with Crippen LogP contribution in [0, 0.1) is 6.92 Å². The van der Waals surface area contributed by atoms with E-state index < -0.39 is 0 Å². The molecule has 1 N–H and O–H groups in total. The molecule has 2 aromatic carbocycles. The summed E-state index contributed by atoms with van der Waals surface area (Å²) >= 11 is 12.3. The van der Waals surface area contributed by atoms with Crippen LogP contribution in [-0.2, 0) is 6.54 Å². The highest BCUT2D eigenvalue weighted by Gasteiger charge is 2.09. The summed E-state index contributed by atoms with van der Waals surface area (Å²) < 4.78 is 16.2. The van der Waals surface area contributed by atoms with Crippen molar-refractivity contribution in [2.75, 3.05) is 27.4 Å². The van der Waals surface area contributed by atoms with Crippen LogP contribution in [0.2, 0.25) is 10.0 Å². The maximum Gasteiger partial charge on any atom is 0.162 e. The van der Waals surface area contributed by atoms with Crippen molar-refractivity contribution in [1.82, 2.24) is 5.32 Å². The van der Waals surface area contributed by atoms with Crippen molar-refractivity contribution in [3.63, 3.8) is 0 Å². The van der Waals surface area contributed by atoms with Crippen molar-refractivity contribution in [1.29, 1.82) is 0 Å². The lowest BCUT2D eigenvalue weighted by Crippen LogP contribution is -2.20. The fourth-order valence-electron chi connectivity index (χ4n) is 2.20. The minimum absolute atomic E-state index is 0.548. The zero-order chi connectivity index (χ0) is 17.5. The molecular weight excluding hydrogens is 349 g/mol. The molecule has 0 aliphatic rings. The third-order valence-corrected chi connectivity index (χ3v) is 4.32. The molecule has 0 spiro atoms. The van der Waals surface area contributed by atoms with Crippen molar-refractivity contribution in [2.45, 2.75) is 13.5 Å². The topological polar surface area (TPSA) is 39.7 Å². The second-order valence-corrected chi connectivity index (χ2v) is 6.05. The van der Waals surface area contributed by atoms with E-state index in [1.807, 2.05) is 31.2 Å². The van der Waals surface area contributed by atoms with Crippen molar-refractivity contribution < 1.29 is 14.2 Å². The number of rotatable bonds is 8. The predicted octanol–water partition coefficient (Wildman–Crippen LogP) is 4.49. The van der Waals surface area contributed by atoms with E-state index in [9.17, 15) is 0 Å². The molecule has 0 fully saturated rings. The van der Waals surface area contributed by atoms with E-state index in [1.54, 1.807) is 20.3 Å². The fraction of sp³-hybridized carbons (Fsp3) is 0.333. The Hall–Kier alpha value is -1.62. The van der Waals surface area contributed by atoms with E-state index in [0.29, 0.717) is 36.2 Å². The molecule has 2 aromatic rings. The zero-order valence-electron chi connectivity index (χ0n) is 14.0. The minimum atomic E-state index is 0.548. The average molecular weight is 370 g/mol.